The van der Waals surface area contributed by atoms with Crippen molar-refractivity contribution in [3.63, 3.8) is 0 Å². The van der Waals surface area contributed by atoms with Crippen LogP contribution in [0, 0.1) is 11.3 Å². The number of carbonyl (C=O) groups is 1. The molecular weight excluding hydrogens is 310 g/mol. The van der Waals surface area contributed by atoms with Crippen molar-refractivity contribution in [3.8, 4) is 6.07 Å². The van der Waals surface area contributed by atoms with E-state index in [1.54, 1.807) is 11.3 Å². The smallest absolute Gasteiger partial charge is 0.226 e. The van der Waals surface area contributed by atoms with Crippen LogP contribution in [0.4, 0.5) is 5.00 Å². The Morgan fingerprint density at radius 2 is 2.13 bits per heavy atom. The maximum Gasteiger partial charge on any atom is 0.226 e. The molecule has 1 aromatic rings. The van der Waals surface area contributed by atoms with E-state index >= 15 is 0 Å². The number of aryl methyl sites for hydroxylation is 1. The maximum absolute atomic E-state index is 12.2. The van der Waals surface area contributed by atoms with Crippen LogP contribution in [0.3, 0.4) is 0 Å². The summed E-state index contributed by atoms with van der Waals surface area (Å²) in [5.41, 5.74) is 1.81. The highest BCUT2D eigenvalue weighted by atomic mass is 32.1. The van der Waals surface area contributed by atoms with E-state index in [9.17, 15) is 10.1 Å². The first kappa shape index (κ1) is 17.9. The number of fused-ring (bicyclic) bond motifs is 1. The predicted octanol–water partition coefficient (Wildman–Crippen LogP) is 2.53. The third-order valence-electron chi connectivity index (χ3n) is 4.15. The highest BCUT2D eigenvalue weighted by Crippen LogP contribution is 2.37. The fraction of sp³-hybridized carbons (Fsp3) is 0.647. The van der Waals surface area contributed by atoms with Gasteiger partial charge in [-0.15, -0.1) is 11.3 Å². The molecule has 1 aliphatic rings. The zero-order chi connectivity index (χ0) is 16.7. The number of aliphatic hydroxyl groups excluding tert-OH is 1. The number of nitrogens with zero attached hydrogens (tertiary/aromatic N) is 2. The predicted molar refractivity (Wildman–Crippen MR) is 92.7 cm³/mol. The van der Waals surface area contributed by atoms with Crippen molar-refractivity contribution in [2.45, 2.75) is 45.4 Å². The van der Waals surface area contributed by atoms with E-state index in [1.165, 1.54) is 11.3 Å². The minimum atomic E-state index is -0.0564. The van der Waals surface area contributed by atoms with Gasteiger partial charge in [0.05, 0.1) is 12.2 Å². The Hall–Kier alpha value is -1.42. The summed E-state index contributed by atoms with van der Waals surface area (Å²) in [4.78, 5) is 15.6. The molecule has 2 N–H and O–H groups in total. The first-order chi connectivity index (χ1) is 11.2. The van der Waals surface area contributed by atoms with Gasteiger partial charge in [0, 0.05) is 24.4 Å². The molecule has 5 nitrogen and oxygen atoms in total. The van der Waals surface area contributed by atoms with Gasteiger partial charge in [-0.2, -0.15) is 5.26 Å². The van der Waals surface area contributed by atoms with E-state index < -0.39 is 0 Å². The Labute approximate surface area is 141 Å². The Balaban J connectivity index is 1.95. The summed E-state index contributed by atoms with van der Waals surface area (Å²) in [7, 11) is 0. The van der Waals surface area contributed by atoms with Crippen molar-refractivity contribution in [3.05, 3.63) is 16.0 Å². The number of anilines is 1. The lowest BCUT2D eigenvalue weighted by Crippen LogP contribution is -2.31. The summed E-state index contributed by atoms with van der Waals surface area (Å²) in [6, 6.07) is 2.27. The van der Waals surface area contributed by atoms with Gasteiger partial charge in [0.25, 0.3) is 0 Å². The van der Waals surface area contributed by atoms with E-state index in [0.717, 1.165) is 37.8 Å². The number of hydrogen-bond acceptors (Lipinski definition) is 5. The van der Waals surface area contributed by atoms with Crippen LogP contribution in [0.1, 0.15) is 48.6 Å². The van der Waals surface area contributed by atoms with Crippen molar-refractivity contribution in [1.29, 1.82) is 5.26 Å². The molecule has 6 heteroatoms. The van der Waals surface area contributed by atoms with Crippen LogP contribution in [0.25, 0.3) is 0 Å². The molecule has 23 heavy (non-hydrogen) atoms. The summed E-state index contributed by atoms with van der Waals surface area (Å²) >= 11 is 1.56. The molecule has 0 bridgehead atoms. The summed E-state index contributed by atoms with van der Waals surface area (Å²) in [6.45, 7) is 4.30. The molecule has 0 saturated carbocycles. The zero-order valence-corrected chi connectivity index (χ0v) is 14.5. The van der Waals surface area contributed by atoms with E-state index in [4.69, 9.17) is 5.11 Å². The highest BCUT2D eigenvalue weighted by molar-refractivity contribution is 7.16. The monoisotopic (exact) mass is 335 g/mol. The van der Waals surface area contributed by atoms with Gasteiger partial charge < -0.3 is 15.3 Å². The third-order valence-corrected chi connectivity index (χ3v) is 5.35. The van der Waals surface area contributed by atoms with Crippen LogP contribution in [-0.2, 0) is 17.6 Å². The SMILES string of the molecule is CCCN(CCO)CCC(=O)Nc1sc2c(c1C#N)CCCC2. The molecule has 0 atom stereocenters. The van der Waals surface area contributed by atoms with E-state index in [0.29, 0.717) is 30.1 Å². The minimum Gasteiger partial charge on any atom is -0.395 e. The number of hydrogen-bond donors (Lipinski definition) is 2. The number of carbonyl (C=O) groups excluding carboxylic acids is 1. The standard InChI is InChI=1S/C17H25N3O2S/c1-2-8-20(10-11-21)9-7-16(22)19-17-14(12-18)13-5-3-4-6-15(13)23-17/h21H,2-11H2,1H3,(H,19,22). The molecule has 0 fully saturated rings. The number of nitrogens with one attached hydrogen (secondary N) is 1. The average Bonchev–Trinajstić information content (AvgIpc) is 2.90. The first-order valence-electron chi connectivity index (χ1n) is 8.37. The van der Waals surface area contributed by atoms with E-state index in [-0.39, 0.29) is 12.5 Å². The summed E-state index contributed by atoms with van der Waals surface area (Å²) in [5.74, 6) is -0.0564. The van der Waals surface area contributed by atoms with E-state index in [2.05, 4.69) is 23.2 Å². The quantitative estimate of drug-likeness (QED) is 0.765. The molecule has 1 aliphatic carbocycles. The van der Waals surface area contributed by atoms with Gasteiger partial charge in [0.2, 0.25) is 5.91 Å². The summed E-state index contributed by atoms with van der Waals surface area (Å²) < 4.78 is 0. The molecule has 0 aromatic carbocycles. The van der Waals surface area contributed by atoms with Gasteiger partial charge in [-0.25, -0.2) is 0 Å². The zero-order valence-electron chi connectivity index (χ0n) is 13.7. The van der Waals surface area contributed by atoms with Gasteiger partial charge >= 0.3 is 0 Å². The average molecular weight is 335 g/mol. The second kappa shape index (κ2) is 9.02. The summed E-state index contributed by atoms with van der Waals surface area (Å²) in [5, 5.41) is 22.1. The molecule has 0 unspecified atom stereocenters. The molecular formula is C17H25N3O2S. The lowest BCUT2D eigenvalue weighted by Gasteiger charge is -2.19. The molecule has 1 aromatic heterocycles. The lowest BCUT2D eigenvalue weighted by molar-refractivity contribution is -0.116. The molecule has 1 amide bonds. The lowest BCUT2D eigenvalue weighted by atomic mass is 9.96. The Bertz CT molecular complexity index is 571. The number of thiophene rings is 1. The van der Waals surface area contributed by atoms with Crippen molar-refractivity contribution >= 4 is 22.2 Å². The van der Waals surface area contributed by atoms with E-state index in [1.807, 2.05) is 0 Å². The highest BCUT2D eigenvalue weighted by Gasteiger charge is 2.21. The van der Waals surface area contributed by atoms with Crippen molar-refractivity contribution in [1.82, 2.24) is 4.90 Å². The van der Waals surface area contributed by atoms with Crippen LogP contribution in [0.15, 0.2) is 0 Å². The maximum atomic E-state index is 12.2. The second-order valence-electron chi connectivity index (χ2n) is 5.89. The van der Waals surface area contributed by atoms with Gasteiger partial charge in [-0.1, -0.05) is 6.92 Å². The number of nitriles is 1. The largest absolute Gasteiger partial charge is 0.395 e. The number of rotatable bonds is 8. The third kappa shape index (κ3) is 4.77. The van der Waals surface area contributed by atoms with Crippen LogP contribution >= 0.6 is 11.3 Å². The van der Waals surface area contributed by atoms with Crippen LogP contribution in [0.5, 0.6) is 0 Å². The van der Waals surface area contributed by atoms with Crippen LogP contribution in [0.2, 0.25) is 0 Å². The van der Waals surface area contributed by atoms with Crippen molar-refractivity contribution in [2.24, 2.45) is 0 Å². The molecule has 0 radical (unpaired) electrons. The van der Waals surface area contributed by atoms with Gasteiger partial charge in [-0.3, -0.25) is 4.79 Å². The normalized spacial score (nSPS) is 13.7. The minimum absolute atomic E-state index is 0.0564. The number of aliphatic hydroxyl groups is 1. The molecule has 2 rings (SSSR count). The van der Waals surface area contributed by atoms with Crippen LogP contribution < -0.4 is 5.32 Å². The van der Waals surface area contributed by atoms with Crippen molar-refractivity contribution in [2.75, 3.05) is 31.6 Å². The van der Waals surface area contributed by atoms with Gasteiger partial charge in [-0.05, 0) is 44.2 Å². The molecule has 0 spiro atoms. The Kier molecular flexibility index (Phi) is 7.03. The van der Waals surface area contributed by atoms with Crippen molar-refractivity contribution < 1.29 is 9.90 Å². The second-order valence-corrected chi connectivity index (χ2v) is 7.00. The fourth-order valence-corrected chi connectivity index (χ4v) is 4.27. The fourth-order valence-electron chi connectivity index (χ4n) is 3.01. The number of amides is 1. The first-order valence-corrected chi connectivity index (χ1v) is 9.19. The molecule has 0 saturated heterocycles. The van der Waals surface area contributed by atoms with Gasteiger partial charge in [0.15, 0.2) is 0 Å². The Morgan fingerprint density at radius 1 is 1.35 bits per heavy atom. The molecule has 126 valence electrons. The summed E-state index contributed by atoms with van der Waals surface area (Å²) in [6.07, 6.45) is 5.64. The molecule has 0 aliphatic heterocycles. The Morgan fingerprint density at radius 3 is 2.83 bits per heavy atom. The van der Waals surface area contributed by atoms with Gasteiger partial charge in [0.1, 0.15) is 11.1 Å². The molecule has 1 heterocycles. The van der Waals surface area contributed by atoms with Crippen LogP contribution in [-0.4, -0.2) is 42.2 Å². The topological polar surface area (TPSA) is 76.4 Å².